The Bertz CT molecular complexity index is 1640. The summed E-state index contributed by atoms with van der Waals surface area (Å²) < 4.78 is 8.99. The summed E-state index contributed by atoms with van der Waals surface area (Å²) in [5, 5.41) is 6.19. The van der Waals surface area contributed by atoms with Crippen LogP contribution in [0.5, 0.6) is 5.75 Å². The largest absolute Gasteiger partial charge is 0.497 e. The second kappa shape index (κ2) is 10.0. The lowest BCUT2D eigenvalue weighted by atomic mass is 10.1. The molecule has 0 radical (unpaired) electrons. The molecule has 36 heavy (non-hydrogen) atoms. The van der Waals surface area contributed by atoms with Crippen molar-refractivity contribution in [3.8, 4) is 5.75 Å². The summed E-state index contributed by atoms with van der Waals surface area (Å²) in [5.74, 6) is 1.24. The normalized spacial score (nSPS) is 11.0. The number of nitrogen functional groups attached to an aromatic ring is 1. The van der Waals surface area contributed by atoms with Gasteiger partial charge in [0.1, 0.15) is 11.6 Å². The highest BCUT2D eigenvalue weighted by atomic mass is 32.1. The van der Waals surface area contributed by atoms with E-state index in [9.17, 15) is 9.59 Å². The molecule has 9 nitrogen and oxygen atoms in total. The van der Waals surface area contributed by atoms with Gasteiger partial charge in [-0.1, -0.05) is 24.3 Å². The van der Waals surface area contributed by atoms with Gasteiger partial charge in [-0.2, -0.15) is 4.98 Å². The summed E-state index contributed by atoms with van der Waals surface area (Å²) in [6.07, 6.45) is 1.60. The number of nitrogens with one attached hydrogen (secondary N) is 1. The van der Waals surface area contributed by atoms with Crippen molar-refractivity contribution in [1.82, 2.24) is 19.1 Å². The van der Waals surface area contributed by atoms with Crippen molar-refractivity contribution in [2.75, 3.05) is 18.2 Å². The fourth-order valence-electron chi connectivity index (χ4n) is 3.93. The van der Waals surface area contributed by atoms with Gasteiger partial charge in [-0.05, 0) is 58.3 Å². The number of hydrogen-bond donors (Lipinski definition) is 2. The highest BCUT2D eigenvalue weighted by molar-refractivity contribution is 7.17. The van der Waals surface area contributed by atoms with Gasteiger partial charge in [0.2, 0.25) is 5.95 Å². The average molecular weight is 501 g/mol. The van der Waals surface area contributed by atoms with Crippen molar-refractivity contribution >= 4 is 33.2 Å². The fourth-order valence-corrected chi connectivity index (χ4v) is 4.70. The van der Waals surface area contributed by atoms with Crippen molar-refractivity contribution in [3.63, 3.8) is 0 Å². The molecule has 2 aromatic carbocycles. The summed E-state index contributed by atoms with van der Waals surface area (Å²) in [6, 6.07) is 18.9. The smallest absolute Gasteiger partial charge is 0.355 e. The van der Waals surface area contributed by atoms with Crippen LogP contribution in [0.2, 0.25) is 0 Å². The first-order chi connectivity index (χ1) is 17.5. The second-order valence-electron chi connectivity index (χ2n) is 8.22. The molecular formula is C26H24N6O3S. The van der Waals surface area contributed by atoms with Crippen LogP contribution in [0, 0.1) is 0 Å². The Kier molecular flexibility index (Phi) is 6.50. The van der Waals surface area contributed by atoms with Gasteiger partial charge < -0.3 is 15.8 Å². The first-order valence-corrected chi connectivity index (χ1v) is 12.1. The minimum absolute atomic E-state index is 0.120. The minimum Gasteiger partial charge on any atom is -0.497 e. The first kappa shape index (κ1) is 23.3. The zero-order chi connectivity index (χ0) is 25.1. The molecule has 3 N–H and O–H groups in total. The third kappa shape index (κ3) is 4.84. The predicted molar refractivity (Wildman–Crippen MR) is 142 cm³/mol. The highest BCUT2D eigenvalue weighted by Gasteiger charge is 2.15. The fraction of sp³-hybridized carbons (Fsp3) is 0.154. The standard InChI is InChI=1S/C26H24N6O3S/c1-35-21-7-4-17(5-8-21)15-31-24(29-14-20-3-2-11-28-23(20)27)30-25(33)32(26(31)34)16-18-6-9-22-19(13-18)10-12-36-22/h2-13H,14-16H2,1H3,(H2,27,28)(H,29,30,33). The van der Waals surface area contributed by atoms with E-state index in [-0.39, 0.29) is 25.6 Å². The number of fused-ring (bicyclic) bond motifs is 1. The third-order valence-electron chi connectivity index (χ3n) is 5.87. The Labute approximate surface area is 210 Å². The van der Waals surface area contributed by atoms with Gasteiger partial charge in [0.05, 0.1) is 20.2 Å². The lowest BCUT2D eigenvalue weighted by Crippen LogP contribution is -2.43. The van der Waals surface area contributed by atoms with Gasteiger partial charge in [0.25, 0.3) is 0 Å². The van der Waals surface area contributed by atoms with Crippen molar-refractivity contribution in [3.05, 3.63) is 110 Å². The van der Waals surface area contributed by atoms with E-state index in [2.05, 4.69) is 15.3 Å². The lowest BCUT2D eigenvalue weighted by Gasteiger charge is -2.16. The minimum atomic E-state index is -0.627. The Balaban J connectivity index is 1.53. The van der Waals surface area contributed by atoms with Crippen molar-refractivity contribution in [2.45, 2.75) is 19.6 Å². The molecule has 0 amide bonds. The van der Waals surface area contributed by atoms with E-state index in [1.165, 1.54) is 4.57 Å². The molecule has 3 aromatic heterocycles. The summed E-state index contributed by atoms with van der Waals surface area (Å²) in [7, 11) is 1.60. The van der Waals surface area contributed by atoms with E-state index in [1.807, 2.05) is 60.0 Å². The number of hydrogen-bond acceptors (Lipinski definition) is 8. The quantitative estimate of drug-likeness (QED) is 0.336. The summed E-state index contributed by atoms with van der Waals surface area (Å²) in [5.41, 5.74) is 7.31. The highest BCUT2D eigenvalue weighted by Crippen LogP contribution is 2.22. The molecule has 0 aliphatic rings. The number of aromatic nitrogens is 4. The molecular weight excluding hydrogens is 476 g/mol. The molecule has 5 rings (SSSR count). The maximum Gasteiger partial charge on any atom is 0.355 e. The van der Waals surface area contributed by atoms with Gasteiger partial charge >= 0.3 is 11.4 Å². The van der Waals surface area contributed by atoms with Gasteiger partial charge in [0, 0.05) is 23.0 Å². The van der Waals surface area contributed by atoms with E-state index in [0.717, 1.165) is 31.3 Å². The number of pyridine rings is 1. The molecule has 182 valence electrons. The molecule has 0 spiro atoms. The Morgan fingerprint density at radius 3 is 2.56 bits per heavy atom. The maximum atomic E-state index is 13.6. The van der Waals surface area contributed by atoms with Crippen LogP contribution in [0.25, 0.3) is 10.1 Å². The van der Waals surface area contributed by atoms with Crippen LogP contribution in [0.1, 0.15) is 16.7 Å². The molecule has 0 saturated carbocycles. The molecule has 3 heterocycles. The number of benzene rings is 2. The van der Waals surface area contributed by atoms with Gasteiger partial charge in [0.15, 0.2) is 0 Å². The van der Waals surface area contributed by atoms with E-state index in [4.69, 9.17) is 10.5 Å². The topological polar surface area (TPSA) is 117 Å². The van der Waals surface area contributed by atoms with Crippen LogP contribution >= 0.6 is 11.3 Å². The molecule has 0 fully saturated rings. The van der Waals surface area contributed by atoms with Gasteiger partial charge in [-0.15, -0.1) is 11.3 Å². The van der Waals surface area contributed by atoms with Crippen LogP contribution in [0.15, 0.2) is 81.8 Å². The lowest BCUT2D eigenvalue weighted by molar-refractivity contribution is 0.414. The van der Waals surface area contributed by atoms with Crippen molar-refractivity contribution in [2.24, 2.45) is 0 Å². The number of methoxy groups -OCH3 is 1. The molecule has 10 heteroatoms. The zero-order valence-corrected chi connectivity index (χ0v) is 20.4. The number of rotatable bonds is 8. The van der Waals surface area contributed by atoms with Crippen LogP contribution in [-0.2, 0) is 19.6 Å². The third-order valence-corrected chi connectivity index (χ3v) is 6.77. The molecule has 0 saturated heterocycles. The molecule has 0 bridgehead atoms. The monoisotopic (exact) mass is 500 g/mol. The Morgan fingerprint density at radius 2 is 1.78 bits per heavy atom. The summed E-state index contributed by atoms with van der Waals surface area (Å²) in [4.78, 5) is 34.9. The SMILES string of the molecule is COc1ccc(Cn2c(NCc3cccnc3N)nc(=O)n(Cc3ccc4sccc4c3)c2=O)cc1. The Hall–Kier alpha value is -4.44. The van der Waals surface area contributed by atoms with Crippen molar-refractivity contribution in [1.29, 1.82) is 0 Å². The van der Waals surface area contributed by atoms with Crippen LogP contribution in [0.4, 0.5) is 11.8 Å². The molecule has 0 unspecified atom stereocenters. The molecule has 0 aliphatic heterocycles. The first-order valence-electron chi connectivity index (χ1n) is 11.3. The van der Waals surface area contributed by atoms with Crippen molar-refractivity contribution < 1.29 is 4.74 Å². The van der Waals surface area contributed by atoms with Gasteiger partial charge in [-0.25, -0.2) is 19.1 Å². The summed E-state index contributed by atoms with van der Waals surface area (Å²) >= 11 is 1.64. The predicted octanol–water partition coefficient (Wildman–Crippen LogP) is 3.31. The molecule has 5 aromatic rings. The number of anilines is 2. The van der Waals surface area contributed by atoms with E-state index in [0.29, 0.717) is 11.6 Å². The van der Waals surface area contributed by atoms with E-state index in [1.54, 1.807) is 30.7 Å². The van der Waals surface area contributed by atoms with Crippen LogP contribution in [0.3, 0.4) is 0 Å². The maximum absolute atomic E-state index is 13.6. The number of thiophene rings is 1. The summed E-state index contributed by atoms with van der Waals surface area (Å²) in [6.45, 7) is 0.590. The molecule has 0 aliphatic carbocycles. The number of nitrogens with zero attached hydrogens (tertiary/aromatic N) is 4. The molecule has 0 atom stereocenters. The number of nitrogens with two attached hydrogens (primary N) is 1. The van der Waals surface area contributed by atoms with E-state index < -0.39 is 11.4 Å². The number of ether oxygens (including phenoxy) is 1. The van der Waals surface area contributed by atoms with Gasteiger partial charge in [-0.3, -0.25) is 4.57 Å². The van der Waals surface area contributed by atoms with Crippen LogP contribution in [-0.4, -0.2) is 26.2 Å². The Morgan fingerprint density at radius 1 is 1.00 bits per heavy atom. The second-order valence-corrected chi connectivity index (χ2v) is 9.16. The van der Waals surface area contributed by atoms with Crippen LogP contribution < -0.4 is 27.2 Å². The average Bonchev–Trinajstić information content (AvgIpc) is 3.36. The zero-order valence-electron chi connectivity index (χ0n) is 19.5. The van der Waals surface area contributed by atoms with E-state index >= 15 is 0 Å².